The third-order valence-electron chi connectivity index (χ3n) is 3.19. The van der Waals surface area contributed by atoms with Gasteiger partial charge in [-0.25, -0.2) is 4.79 Å². The van der Waals surface area contributed by atoms with Crippen molar-refractivity contribution in [1.82, 2.24) is 10.3 Å². The molecule has 0 saturated heterocycles. The van der Waals surface area contributed by atoms with Crippen molar-refractivity contribution in [3.05, 3.63) is 36.0 Å². The fourth-order valence-electron chi connectivity index (χ4n) is 2.06. The highest BCUT2D eigenvalue weighted by molar-refractivity contribution is 5.90. The van der Waals surface area contributed by atoms with E-state index in [9.17, 15) is 9.59 Å². The summed E-state index contributed by atoms with van der Waals surface area (Å²) < 4.78 is 0. The molecule has 1 amide bonds. The minimum Gasteiger partial charge on any atom is -0.480 e. The molecule has 0 aliphatic carbocycles. The Labute approximate surface area is 122 Å². The lowest BCUT2D eigenvalue weighted by atomic mass is 10.1. The molecule has 2 rings (SSSR count). The smallest absolute Gasteiger partial charge is 0.326 e. The van der Waals surface area contributed by atoms with Gasteiger partial charge in [0.1, 0.15) is 6.04 Å². The number of anilines is 1. The summed E-state index contributed by atoms with van der Waals surface area (Å²) in [6.45, 7) is 1.70. The van der Waals surface area contributed by atoms with Crippen LogP contribution in [-0.2, 0) is 16.0 Å². The van der Waals surface area contributed by atoms with Crippen molar-refractivity contribution in [2.75, 3.05) is 5.73 Å². The lowest BCUT2D eigenvalue weighted by molar-refractivity contribution is -0.141. The normalized spacial score (nSPS) is 12.0. The Hall–Kier alpha value is -2.63. The van der Waals surface area contributed by atoms with Gasteiger partial charge in [-0.2, -0.15) is 0 Å². The number of nitrogens with two attached hydrogens (primary N) is 1. The minimum atomic E-state index is -1.04. The van der Waals surface area contributed by atoms with Crippen LogP contribution in [0.2, 0.25) is 0 Å². The van der Waals surface area contributed by atoms with Crippen LogP contribution >= 0.6 is 0 Å². The molecule has 0 bridgehead atoms. The summed E-state index contributed by atoms with van der Waals surface area (Å²) >= 11 is 0. The molecule has 4 N–H and O–H groups in total. The molecule has 1 atom stereocenters. The molecule has 0 radical (unpaired) electrons. The Morgan fingerprint density at radius 2 is 2.10 bits per heavy atom. The number of para-hydroxylation sites is 1. The first-order valence-electron chi connectivity index (χ1n) is 6.67. The molecule has 1 aromatic heterocycles. The molecule has 1 unspecified atom stereocenters. The topological polar surface area (TPSA) is 105 Å². The number of carbonyl (C=O) groups excluding carboxylic acids is 1. The van der Waals surface area contributed by atoms with Crippen LogP contribution in [0.3, 0.4) is 0 Å². The molecule has 6 heteroatoms. The molecule has 2 aromatic rings. The number of carboxylic acid groups (broad SMARTS) is 1. The maximum absolute atomic E-state index is 11.9. The van der Waals surface area contributed by atoms with Crippen LogP contribution in [0.15, 0.2) is 30.3 Å². The van der Waals surface area contributed by atoms with Gasteiger partial charge in [0.2, 0.25) is 5.91 Å². The molecular formula is C15H17N3O3. The van der Waals surface area contributed by atoms with Gasteiger partial charge in [0, 0.05) is 5.39 Å². The van der Waals surface area contributed by atoms with E-state index in [1.165, 1.54) is 0 Å². The second kappa shape index (κ2) is 6.21. The lowest BCUT2D eigenvalue weighted by Gasteiger charge is -2.12. The first-order valence-corrected chi connectivity index (χ1v) is 6.67. The van der Waals surface area contributed by atoms with Gasteiger partial charge >= 0.3 is 5.97 Å². The second-order valence-corrected chi connectivity index (χ2v) is 4.76. The van der Waals surface area contributed by atoms with Crippen LogP contribution in [0.4, 0.5) is 5.69 Å². The Balaban J connectivity index is 2.14. The number of nitrogens with one attached hydrogen (secondary N) is 1. The first kappa shape index (κ1) is 14.8. The Morgan fingerprint density at radius 3 is 2.76 bits per heavy atom. The molecule has 0 saturated carbocycles. The number of aromatic nitrogens is 1. The highest BCUT2D eigenvalue weighted by atomic mass is 16.4. The van der Waals surface area contributed by atoms with Crippen LogP contribution in [-0.4, -0.2) is 28.0 Å². The SMILES string of the molecule is CCC(NC(=O)Cc1ccc2cccc(N)c2n1)C(=O)O. The second-order valence-electron chi connectivity index (χ2n) is 4.76. The number of carboxylic acids is 1. The number of fused-ring (bicyclic) bond motifs is 1. The van der Waals surface area contributed by atoms with Crippen LogP contribution in [0.25, 0.3) is 10.9 Å². The summed E-state index contributed by atoms with van der Waals surface area (Å²) in [4.78, 5) is 27.1. The first-order chi connectivity index (χ1) is 10.0. The molecule has 0 aliphatic heterocycles. The number of pyridine rings is 1. The average molecular weight is 287 g/mol. The van der Waals surface area contributed by atoms with Gasteiger partial charge in [0.05, 0.1) is 23.3 Å². The van der Waals surface area contributed by atoms with Crippen LogP contribution in [0, 0.1) is 0 Å². The van der Waals surface area contributed by atoms with E-state index >= 15 is 0 Å². The molecule has 0 aliphatic rings. The van der Waals surface area contributed by atoms with Gasteiger partial charge in [-0.1, -0.05) is 25.1 Å². The Morgan fingerprint density at radius 1 is 1.33 bits per heavy atom. The van der Waals surface area contributed by atoms with E-state index < -0.39 is 12.0 Å². The number of hydrogen-bond donors (Lipinski definition) is 3. The summed E-state index contributed by atoms with van der Waals surface area (Å²) in [5.41, 5.74) is 7.61. The van der Waals surface area contributed by atoms with E-state index in [1.54, 1.807) is 19.1 Å². The molecule has 1 heterocycles. The monoisotopic (exact) mass is 287 g/mol. The fraction of sp³-hybridized carbons (Fsp3) is 0.267. The summed E-state index contributed by atoms with van der Waals surface area (Å²) in [5, 5.41) is 12.3. The quantitative estimate of drug-likeness (QED) is 0.720. The van der Waals surface area contributed by atoms with Crippen LogP contribution in [0.1, 0.15) is 19.0 Å². The van der Waals surface area contributed by atoms with E-state index in [0.29, 0.717) is 23.3 Å². The number of aliphatic carboxylic acids is 1. The highest BCUT2D eigenvalue weighted by Gasteiger charge is 2.17. The number of carbonyl (C=O) groups is 2. The largest absolute Gasteiger partial charge is 0.480 e. The van der Waals surface area contributed by atoms with Gasteiger partial charge in [-0.3, -0.25) is 9.78 Å². The number of hydrogen-bond acceptors (Lipinski definition) is 4. The zero-order valence-electron chi connectivity index (χ0n) is 11.7. The van der Waals surface area contributed by atoms with E-state index in [4.69, 9.17) is 10.8 Å². The van der Waals surface area contributed by atoms with Crippen molar-refractivity contribution in [3.63, 3.8) is 0 Å². The number of benzene rings is 1. The molecule has 110 valence electrons. The average Bonchev–Trinajstić information content (AvgIpc) is 2.45. The van der Waals surface area contributed by atoms with Crippen molar-refractivity contribution in [1.29, 1.82) is 0 Å². The summed E-state index contributed by atoms with van der Waals surface area (Å²) in [5.74, 6) is -1.41. The number of nitrogen functional groups attached to an aromatic ring is 1. The third kappa shape index (κ3) is 3.47. The van der Waals surface area contributed by atoms with E-state index in [1.807, 2.05) is 18.2 Å². The predicted molar refractivity (Wildman–Crippen MR) is 79.7 cm³/mol. The molecule has 1 aromatic carbocycles. The van der Waals surface area contributed by atoms with Gasteiger partial charge in [-0.05, 0) is 18.6 Å². The van der Waals surface area contributed by atoms with Gasteiger partial charge in [0.15, 0.2) is 0 Å². The predicted octanol–water partition coefficient (Wildman–Crippen LogP) is 1.34. The maximum Gasteiger partial charge on any atom is 0.326 e. The van der Waals surface area contributed by atoms with Crippen LogP contribution in [0.5, 0.6) is 0 Å². The number of rotatable bonds is 5. The summed E-state index contributed by atoms with van der Waals surface area (Å²) in [6, 6.07) is 8.18. The van der Waals surface area contributed by atoms with Crippen molar-refractivity contribution >= 4 is 28.5 Å². The maximum atomic E-state index is 11.9. The van der Waals surface area contributed by atoms with E-state index in [-0.39, 0.29) is 12.3 Å². The Kier molecular flexibility index (Phi) is 4.37. The Bertz CT molecular complexity index is 685. The molecular weight excluding hydrogens is 270 g/mol. The number of amides is 1. The van der Waals surface area contributed by atoms with Crippen molar-refractivity contribution in [2.45, 2.75) is 25.8 Å². The van der Waals surface area contributed by atoms with Gasteiger partial charge in [0.25, 0.3) is 0 Å². The van der Waals surface area contributed by atoms with Gasteiger partial charge < -0.3 is 16.2 Å². The minimum absolute atomic E-state index is 0.0219. The molecule has 6 nitrogen and oxygen atoms in total. The van der Waals surface area contributed by atoms with Crippen molar-refractivity contribution in [2.24, 2.45) is 0 Å². The zero-order chi connectivity index (χ0) is 15.4. The standard InChI is InChI=1S/C15H17N3O3/c1-2-12(15(20)21)18-13(19)8-10-7-6-9-4-3-5-11(16)14(9)17-10/h3-7,12H,2,8,16H2,1H3,(H,18,19)(H,20,21). The fourth-order valence-corrected chi connectivity index (χ4v) is 2.06. The molecule has 21 heavy (non-hydrogen) atoms. The van der Waals surface area contributed by atoms with Crippen molar-refractivity contribution < 1.29 is 14.7 Å². The summed E-state index contributed by atoms with van der Waals surface area (Å²) in [7, 11) is 0. The third-order valence-corrected chi connectivity index (χ3v) is 3.19. The molecule has 0 fully saturated rings. The van der Waals surface area contributed by atoms with Crippen LogP contribution < -0.4 is 11.1 Å². The van der Waals surface area contributed by atoms with E-state index in [2.05, 4.69) is 10.3 Å². The van der Waals surface area contributed by atoms with Gasteiger partial charge in [-0.15, -0.1) is 0 Å². The lowest BCUT2D eigenvalue weighted by Crippen LogP contribution is -2.41. The summed E-state index contributed by atoms with van der Waals surface area (Å²) in [6.07, 6.45) is 0.354. The zero-order valence-corrected chi connectivity index (χ0v) is 11.7. The van der Waals surface area contributed by atoms with E-state index in [0.717, 1.165) is 5.39 Å². The number of nitrogens with zero attached hydrogens (tertiary/aromatic N) is 1. The van der Waals surface area contributed by atoms with Crippen molar-refractivity contribution in [3.8, 4) is 0 Å². The molecule has 0 spiro atoms. The highest BCUT2D eigenvalue weighted by Crippen LogP contribution is 2.19.